The van der Waals surface area contributed by atoms with Crippen LogP contribution in [0, 0.1) is 0 Å². The molecule has 0 fully saturated rings. The highest BCUT2D eigenvalue weighted by atomic mass is 31.1. The van der Waals surface area contributed by atoms with Gasteiger partial charge in [0.2, 0.25) is 0 Å². The first-order chi connectivity index (χ1) is 8.86. The van der Waals surface area contributed by atoms with Crippen LogP contribution >= 0.6 is 7.92 Å². The zero-order valence-electron chi connectivity index (χ0n) is 10.4. The second-order valence-corrected chi connectivity index (χ2v) is 6.51. The van der Waals surface area contributed by atoms with Crippen molar-refractivity contribution >= 4 is 29.3 Å². The van der Waals surface area contributed by atoms with E-state index in [1.165, 1.54) is 21.4 Å². The van der Waals surface area contributed by atoms with Gasteiger partial charge in [-0.15, -0.1) is 0 Å². The molecule has 0 spiro atoms. The van der Waals surface area contributed by atoms with E-state index in [1.807, 2.05) is 0 Å². The predicted molar refractivity (Wildman–Crippen MR) is 82.5 cm³/mol. The van der Waals surface area contributed by atoms with Crippen molar-refractivity contribution < 1.29 is 0 Å². The Morgan fingerprint density at radius 3 is 2.17 bits per heavy atom. The quantitative estimate of drug-likeness (QED) is 0.605. The molecule has 0 heterocycles. The van der Waals surface area contributed by atoms with Gasteiger partial charge in [0.1, 0.15) is 0 Å². The lowest BCUT2D eigenvalue weighted by molar-refractivity contribution is 1.76. The smallest absolute Gasteiger partial charge is 0.0104 e. The van der Waals surface area contributed by atoms with E-state index in [9.17, 15) is 0 Å². The van der Waals surface area contributed by atoms with Crippen molar-refractivity contribution in [3.63, 3.8) is 0 Å². The van der Waals surface area contributed by atoms with E-state index in [-0.39, 0.29) is 7.92 Å². The van der Waals surface area contributed by atoms with Gasteiger partial charge in [-0.3, -0.25) is 0 Å². The molecule has 1 atom stereocenters. The molecule has 0 N–H and O–H groups in total. The fourth-order valence-corrected chi connectivity index (χ4v) is 4.06. The van der Waals surface area contributed by atoms with Crippen LogP contribution in [-0.4, -0.2) is 6.66 Å². The summed E-state index contributed by atoms with van der Waals surface area (Å²) >= 11 is 0. The summed E-state index contributed by atoms with van der Waals surface area (Å²) in [6.07, 6.45) is 0. The summed E-state index contributed by atoms with van der Waals surface area (Å²) < 4.78 is 0. The van der Waals surface area contributed by atoms with Crippen LogP contribution in [0.3, 0.4) is 0 Å². The Morgan fingerprint density at radius 1 is 0.667 bits per heavy atom. The topological polar surface area (TPSA) is 0 Å². The molecule has 0 aliphatic heterocycles. The van der Waals surface area contributed by atoms with Crippen molar-refractivity contribution in [2.45, 2.75) is 0 Å². The van der Waals surface area contributed by atoms with Crippen molar-refractivity contribution in [1.29, 1.82) is 0 Å². The third-order valence-corrected chi connectivity index (χ3v) is 5.46. The first kappa shape index (κ1) is 11.4. The van der Waals surface area contributed by atoms with Gasteiger partial charge in [-0.1, -0.05) is 72.8 Å². The Kier molecular flexibility index (Phi) is 3.13. The van der Waals surface area contributed by atoms with Gasteiger partial charge in [0.15, 0.2) is 0 Å². The molecule has 1 heteroatoms. The molecule has 0 bridgehead atoms. The largest absolute Gasteiger partial charge is 0.0622 e. The average Bonchev–Trinajstić information content (AvgIpc) is 2.47. The Bertz CT molecular complexity index is 653. The van der Waals surface area contributed by atoms with Gasteiger partial charge >= 0.3 is 0 Å². The van der Waals surface area contributed by atoms with Crippen molar-refractivity contribution in [2.75, 3.05) is 6.66 Å². The summed E-state index contributed by atoms with van der Waals surface area (Å²) in [6, 6.07) is 26.1. The number of hydrogen-bond acceptors (Lipinski definition) is 0. The molecule has 0 aliphatic carbocycles. The summed E-state index contributed by atoms with van der Waals surface area (Å²) in [5.74, 6) is 0. The summed E-state index contributed by atoms with van der Waals surface area (Å²) in [6.45, 7) is 2.34. The Morgan fingerprint density at radius 2 is 1.33 bits per heavy atom. The molecule has 0 nitrogen and oxygen atoms in total. The molecule has 0 radical (unpaired) electrons. The van der Waals surface area contributed by atoms with Gasteiger partial charge in [-0.05, 0) is 36.0 Å². The van der Waals surface area contributed by atoms with E-state index in [0.717, 1.165) is 0 Å². The third-order valence-electron chi connectivity index (χ3n) is 3.27. The average molecular weight is 250 g/mol. The molecule has 0 aliphatic rings. The molecule has 88 valence electrons. The van der Waals surface area contributed by atoms with Crippen LogP contribution in [0.1, 0.15) is 0 Å². The zero-order valence-corrected chi connectivity index (χ0v) is 11.3. The van der Waals surface area contributed by atoms with Gasteiger partial charge in [-0.2, -0.15) is 0 Å². The second-order valence-electron chi connectivity index (χ2n) is 4.39. The van der Waals surface area contributed by atoms with E-state index < -0.39 is 0 Å². The highest BCUT2D eigenvalue weighted by Crippen LogP contribution is 2.31. The summed E-state index contributed by atoms with van der Waals surface area (Å²) in [7, 11) is -0.271. The minimum atomic E-state index is -0.271. The fourth-order valence-electron chi connectivity index (χ4n) is 2.29. The van der Waals surface area contributed by atoms with Crippen molar-refractivity contribution in [3.8, 4) is 0 Å². The van der Waals surface area contributed by atoms with Crippen molar-refractivity contribution in [1.82, 2.24) is 0 Å². The van der Waals surface area contributed by atoms with Crippen LogP contribution in [0.25, 0.3) is 10.8 Å². The SMILES string of the molecule is CP(c1ccccc1)c1cccc2ccccc12. The van der Waals surface area contributed by atoms with Crippen LogP contribution in [-0.2, 0) is 0 Å². The molecule has 3 rings (SSSR count). The van der Waals surface area contributed by atoms with Crippen molar-refractivity contribution in [3.05, 3.63) is 72.8 Å². The minimum Gasteiger partial charge on any atom is -0.0622 e. The summed E-state index contributed by atoms with van der Waals surface area (Å²) in [4.78, 5) is 0. The highest BCUT2D eigenvalue weighted by molar-refractivity contribution is 7.72. The number of rotatable bonds is 2. The molecule has 0 saturated heterocycles. The fraction of sp³-hybridized carbons (Fsp3) is 0.0588. The lowest BCUT2D eigenvalue weighted by atomic mass is 10.1. The monoisotopic (exact) mass is 250 g/mol. The molecule has 1 unspecified atom stereocenters. The van der Waals surface area contributed by atoms with Gasteiger partial charge < -0.3 is 0 Å². The van der Waals surface area contributed by atoms with E-state index in [4.69, 9.17) is 0 Å². The minimum absolute atomic E-state index is 0.271. The number of fused-ring (bicyclic) bond motifs is 1. The second kappa shape index (κ2) is 4.92. The summed E-state index contributed by atoms with van der Waals surface area (Å²) in [5.41, 5.74) is 0. The number of benzene rings is 3. The third kappa shape index (κ3) is 2.05. The van der Waals surface area contributed by atoms with Gasteiger partial charge in [-0.25, -0.2) is 0 Å². The van der Waals surface area contributed by atoms with Crippen molar-refractivity contribution in [2.24, 2.45) is 0 Å². The van der Waals surface area contributed by atoms with E-state index in [0.29, 0.717) is 0 Å². The van der Waals surface area contributed by atoms with Crippen LogP contribution in [0.5, 0.6) is 0 Å². The first-order valence-electron chi connectivity index (χ1n) is 6.13. The normalized spacial score (nSPS) is 12.5. The molecule has 3 aromatic carbocycles. The lowest BCUT2D eigenvalue weighted by Crippen LogP contribution is -2.11. The van der Waals surface area contributed by atoms with Crippen LogP contribution in [0.2, 0.25) is 0 Å². The molecular weight excluding hydrogens is 235 g/mol. The van der Waals surface area contributed by atoms with Gasteiger partial charge in [0, 0.05) is 0 Å². The van der Waals surface area contributed by atoms with E-state index >= 15 is 0 Å². The molecule has 0 amide bonds. The van der Waals surface area contributed by atoms with Crippen LogP contribution in [0.4, 0.5) is 0 Å². The number of hydrogen-bond donors (Lipinski definition) is 0. The summed E-state index contributed by atoms with van der Waals surface area (Å²) in [5, 5.41) is 5.62. The maximum Gasteiger partial charge on any atom is -0.0104 e. The van der Waals surface area contributed by atoms with E-state index in [1.54, 1.807) is 0 Å². The Labute approximate surface area is 109 Å². The maximum absolute atomic E-state index is 2.34. The van der Waals surface area contributed by atoms with E-state index in [2.05, 4.69) is 79.5 Å². The van der Waals surface area contributed by atoms with Gasteiger partial charge in [0.05, 0.1) is 0 Å². The zero-order chi connectivity index (χ0) is 12.4. The molecule has 0 aromatic heterocycles. The Hall–Kier alpha value is -1.65. The molecule has 3 aromatic rings. The standard InChI is InChI=1S/C17H15P/c1-18(15-10-3-2-4-11-15)17-13-7-9-14-8-5-6-12-16(14)17/h2-13H,1H3. The highest BCUT2D eigenvalue weighted by Gasteiger charge is 2.10. The maximum atomic E-state index is 2.34. The molecular formula is C17H15P. The van der Waals surface area contributed by atoms with Crippen LogP contribution < -0.4 is 10.6 Å². The van der Waals surface area contributed by atoms with Gasteiger partial charge in [0.25, 0.3) is 0 Å². The Balaban J connectivity index is 2.15. The molecule has 0 saturated carbocycles. The lowest BCUT2D eigenvalue weighted by Gasteiger charge is -2.15. The van der Waals surface area contributed by atoms with Crippen LogP contribution in [0.15, 0.2) is 72.8 Å². The predicted octanol–water partition coefficient (Wildman–Crippen LogP) is 3.90. The first-order valence-corrected chi connectivity index (χ1v) is 7.92. The molecule has 18 heavy (non-hydrogen) atoms.